The van der Waals surface area contributed by atoms with E-state index in [1.165, 1.54) is 12.8 Å². The molecule has 0 aromatic rings. The summed E-state index contributed by atoms with van der Waals surface area (Å²) in [5.74, 6) is 2.07. The van der Waals surface area contributed by atoms with Crippen LogP contribution >= 0.6 is 11.8 Å². The van der Waals surface area contributed by atoms with Gasteiger partial charge in [-0.05, 0) is 31.6 Å². The molecular formula is C9H17NOS. The third-order valence-electron chi connectivity index (χ3n) is 2.99. The predicted octanol–water partition coefficient (Wildman–Crippen LogP) is 0.996. The van der Waals surface area contributed by atoms with Crippen LogP contribution in [0.3, 0.4) is 0 Å². The van der Waals surface area contributed by atoms with Crippen LogP contribution in [0, 0.1) is 0 Å². The largest absolute Gasteiger partial charge is 0.387 e. The van der Waals surface area contributed by atoms with Gasteiger partial charge in [0.25, 0.3) is 0 Å². The lowest BCUT2D eigenvalue weighted by Gasteiger charge is -2.35. The van der Waals surface area contributed by atoms with Crippen LogP contribution in [0.25, 0.3) is 0 Å². The molecule has 0 amide bonds. The first kappa shape index (κ1) is 8.85. The molecule has 2 heterocycles. The van der Waals surface area contributed by atoms with Crippen LogP contribution in [0.15, 0.2) is 0 Å². The monoisotopic (exact) mass is 187 g/mol. The lowest BCUT2D eigenvalue weighted by molar-refractivity contribution is 0.0174. The molecule has 0 aromatic heterocycles. The fourth-order valence-electron chi connectivity index (χ4n) is 2.16. The van der Waals surface area contributed by atoms with Gasteiger partial charge in [-0.15, -0.1) is 0 Å². The van der Waals surface area contributed by atoms with E-state index in [9.17, 15) is 5.11 Å². The Morgan fingerprint density at radius 2 is 2.33 bits per heavy atom. The average molecular weight is 187 g/mol. The summed E-state index contributed by atoms with van der Waals surface area (Å²) in [6.45, 7) is 1.09. The van der Waals surface area contributed by atoms with Crippen molar-refractivity contribution >= 4 is 11.8 Å². The van der Waals surface area contributed by atoms with E-state index in [2.05, 4.69) is 5.32 Å². The Bertz CT molecular complexity index is 151. The minimum absolute atomic E-state index is 0.376. The number of hydrogen-bond acceptors (Lipinski definition) is 3. The van der Waals surface area contributed by atoms with Gasteiger partial charge >= 0.3 is 0 Å². The van der Waals surface area contributed by atoms with Crippen molar-refractivity contribution in [2.45, 2.75) is 37.3 Å². The molecule has 0 aliphatic carbocycles. The third-order valence-corrected chi connectivity index (χ3v) is 4.19. The van der Waals surface area contributed by atoms with Gasteiger partial charge < -0.3 is 10.4 Å². The van der Waals surface area contributed by atoms with E-state index in [0.29, 0.717) is 6.04 Å². The Morgan fingerprint density at radius 3 is 2.92 bits per heavy atom. The van der Waals surface area contributed by atoms with Crippen LogP contribution in [0.1, 0.15) is 25.7 Å². The lowest BCUT2D eigenvalue weighted by atomic mass is 9.87. The minimum atomic E-state index is -0.384. The topological polar surface area (TPSA) is 32.3 Å². The van der Waals surface area contributed by atoms with Crippen molar-refractivity contribution in [1.29, 1.82) is 0 Å². The number of rotatable bonds is 1. The number of nitrogens with one attached hydrogen (secondary N) is 1. The van der Waals surface area contributed by atoms with Gasteiger partial charge in [-0.2, -0.15) is 11.8 Å². The highest BCUT2D eigenvalue weighted by molar-refractivity contribution is 7.99. The van der Waals surface area contributed by atoms with Crippen molar-refractivity contribution in [2.24, 2.45) is 0 Å². The first-order valence-corrected chi connectivity index (χ1v) is 6.00. The summed E-state index contributed by atoms with van der Waals surface area (Å²) in [6, 6.07) is 0.376. The number of thioether (sulfide) groups is 1. The second-order valence-electron chi connectivity index (χ2n) is 3.91. The van der Waals surface area contributed by atoms with Crippen molar-refractivity contribution in [2.75, 3.05) is 18.1 Å². The molecule has 12 heavy (non-hydrogen) atoms. The molecule has 70 valence electrons. The molecule has 0 saturated carbocycles. The van der Waals surface area contributed by atoms with Gasteiger partial charge in [-0.1, -0.05) is 6.42 Å². The van der Waals surface area contributed by atoms with Gasteiger partial charge in [0, 0.05) is 11.8 Å². The Labute approximate surface area is 78.1 Å². The number of aliphatic hydroxyl groups is 1. The van der Waals surface area contributed by atoms with Gasteiger partial charge in [-0.25, -0.2) is 0 Å². The summed E-state index contributed by atoms with van der Waals surface area (Å²) in [5.41, 5.74) is -0.384. The summed E-state index contributed by atoms with van der Waals surface area (Å²) in [7, 11) is 0. The van der Waals surface area contributed by atoms with Crippen LogP contribution in [-0.4, -0.2) is 34.8 Å². The Kier molecular flexibility index (Phi) is 2.63. The van der Waals surface area contributed by atoms with Crippen LogP contribution in [0.2, 0.25) is 0 Å². The Hall–Kier alpha value is 0.270. The number of hydrogen-bond donors (Lipinski definition) is 2. The summed E-state index contributed by atoms with van der Waals surface area (Å²) in [6.07, 6.45) is 4.71. The molecule has 2 rings (SSSR count). The van der Waals surface area contributed by atoms with Crippen molar-refractivity contribution in [1.82, 2.24) is 5.32 Å². The molecule has 2 fully saturated rings. The molecule has 2 aliphatic heterocycles. The quantitative estimate of drug-likeness (QED) is 0.642. The molecule has 2 atom stereocenters. The highest BCUT2D eigenvalue weighted by Crippen LogP contribution is 2.33. The SMILES string of the molecule is OC1(C2CCCCN2)CCSC1. The van der Waals surface area contributed by atoms with E-state index in [1.54, 1.807) is 0 Å². The zero-order valence-corrected chi connectivity index (χ0v) is 8.20. The normalized spacial score (nSPS) is 43.2. The molecule has 0 spiro atoms. The smallest absolute Gasteiger partial charge is 0.0897 e. The van der Waals surface area contributed by atoms with Gasteiger partial charge in [-0.3, -0.25) is 0 Å². The highest BCUT2D eigenvalue weighted by atomic mass is 32.2. The van der Waals surface area contributed by atoms with Crippen LogP contribution in [-0.2, 0) is 0 Å². The maximum atomic E-state index is 10.2. The van der Waals surface area contributed by atoms with Gasteiger partial charge in [0.15, 0.2) is 0 Å². The lowest BCUT2D eigenvalue weighted by Crippen LogP contribution is -2.52. The predicted molar refractivity (Wildman–Crippen MR) is 52.5 cm³/mol. The molecule has 2 saturated heterocycles. The second-order valence-corrected chi connectivity index (χ2v) is 5.01. The highest BCUT2D eigenvalue weighted by Gasteiger charge is 2.39. The van der Waals surface area contributed by atoms with E-state index in [4.69, 9.17) is 0 Å². The van der Waals surface area contributed by atoms with Crippen molar-refractivity contribution in [3.05, 3.63) is 0 Å². The van der Waals surface area contributed by atoms with Crippen molar-refractivity contribution in [3.63, 3.8) is 0 Å². The summed E-state index contributed by atoms with van der Waals surface area (Å²) in [5, 5.41) is 13.7. The van der Waals surface area contributed by atoms with Crippen LogP contribution < -0.4 is 5.32 Å². The van der Waals surface area contributed by atoms with E-state index in [0.717, 1.165) is 30.9 Å². The van der Waals surface area contributed by atoms with Crippen molar-refractivity contribution in [3.8, 4) is 0 Å². The Morgan fingerprint density at radius 1 is 1.42 bits per heavy atom. The van der Waals surface area contributed by atoms with Crippen molar-refractivity contribution < 1.29 is 5.11 Å². The summed E-state index contributed by atoms with van der Waals surface area (Å²) >= 11 is 1.88. The van der Waals surface area contributed by atoms with E-state index < -0.39 is 0 Å². The fraction of sp³-hybridized carbons (Fsp3) is 1.00. The standard InChI is InChI=1S/C9H17NOS/c11-9(4-6-12-7-9)8-3-1-2-5-10-8/h8,10-11H,1-7H2. The van der Waals surface area contributed by atoms with E-state index >= 15 is 0 Å². The molecule has 2 unspecified atom stereocenters. The zero-order chi connectivity index (χ0) is 8.44. The third kappa shape index (κ3) is 1.63. The average Bonchev–Trinajstić information content (AvgIpc) is 2.55. The molecule has 2 aliphatic rings. The van der Waals surface area contributed by atoms with E-state index in [1.807, 2.05) is 11.8 Å². The molecule has 3 heteroatoms. The Balaban J connectivity index is 1.96. The molecule has 2 N–H and O–H groups in total. The first-order valence-electron chi connectivity index (χ1n) is 4.85. The van der Waals surface area contributed by atoms with Crippen LogP contribution in [0.4, 0.5) is 0 Å². The molecule has 0 radical (unpaired) electrons. The summed E-state index contributed by atoms with van der Waals surface area (Å²) < 4.78 is 0. The van der Waals surface area contributed by atoms with Gasteiger partial charge in [0.05, 0.1) is 5.60 Å². The van der Waals surface area contributed by atoms with Gasteiger partial charge in [0.1, 0.15) is 0 Å². The maximum absolute atomic E-state index is 10.2. The molecular weight excluding hydrogens is 170 g/mol. The first-order chi connectivity index (χ1) is 5.81. The number of piperidine rings is 1. The maximum Gasteiger partial charge on any atom is 0.0897 e. The molecule has 0 aromatic carbocycles. The van der Waals surface area contributed by atoms with Gasteiger partial charge in [0.2, 0.25) is 0 Å². The van der Waals surface area contributed by atoms with Crippen LogP contribution in [0.5, 0.6) is 0 Å². The molecule has 2 nitrogen and oxygen atoms in total. The van der Waals surface area contributed by atoms with E-state index in [-0.39, 0.29) is 5.60 Å². The minimum Gasteiger partial charge on any atom is -0.387 e. The second kappa shape index (κ2) is 3.56. The zero-order valence-electron chi connectivity index (χ0n) is 7.38. The fourth-order valence-corrected chi connectivity index (χ4v) is 3.50. The summed E-state index contributed by atoms with van der Waals surface area (Å²) in [4.78, 5) is 0. The molecule has 0 bridgehead atoms.